The third-order valence-corrected chi connectivity index (χ3v) is 2.63. The molecule has 14 heavy (non-hydrogen) atoms. The Labute approximate surface area is 86.1 Å². The molecule has 0 aliphatic heterocycles. The van der Waals surface area contributed by atoms with Gasteiger partial charge in [0.2, 0.25) is 5.91 Å². The van der Waals surface area contributed by atoms with Crippen molar-refractivity contribution in [3.63, 3.8) is 0 Å². The molecule has 0 rings (SSSR count). The van der Waals surface area contributed by atoms with Crippen molar-refractivity contribution in [3.8, 4) is 0 Å². The van der Waals surface area contributed by atoms with Crippen LogP contribution in [0.25, 0.3) is 0 Å². The summed E-state index contributed by atoms with van der Waals surface area (Å²) in [6, 6.07) is -0.495. The van der Waals surface area contributed by atoms with E-state index < -0.39 is 11.6 Å². The molecular weight excluding hydrogens is 180 g/mol. The van der Waals surface area contributed by atoms with Crippen LogP contribution in [0.4, 0.5) is 0 Å². The zero-order valence-electron chi connectivity index (χ0n) is 9.74. The quantitative estimate of drug-likeness (QED) is 0.684. The van der Waals surface area contributed by atoms with E-state index in [4.69, 9.17) is 10.8 Å². The number of carbonyl (C=O) groups is 1. The molecule has 0 unspecified atom stereocenters. The van der Waals surface area contributed by atoms with Crippen LogP contribution in [0.2, 0.25) is 0 Å². The Morgan fingerprint density at radius 1 is 1.50 bits per heavy atom. The van der Waals surface area contributed by atoms with E-state index >= 15 is 0 Å². The van der Waals surface area contributed by atoms with Crippen LogP contribution in [-0.4, -0.2) is 41.1 Å². The maximum absolute atomic E-state index is 11.8. The second kappa shape index (κ2) is 4.75. The summed E-state index contributed by atoms with van der Waals surface area (Å²) in [5, 5.41) is 9.10. The molecular formula is C10H22N2O2. The van der Waals surface area contributed by atoms with Gasteiger partial charge in [-0.15, -0.1) is 0 Å². The van der Waals surface area contributed by atoms with Crippen LogP contribution < -0.4 is 5.73 Å². The van der Waals surface area contributed by atoms with Gasteiger partial charge in [0.15, 0.2) is 0 Å². The van der Waals surface area contributed by atoms with Crippen LogP contribution >= 0.6 is 0 Å². The minimum atomic E-state index is -0.552. The lowest BCUT2D eigenvalue weighted by Crippen LogP contribution is -2.54. The number of carbonyl (C=O) groups excluding carboxylic acids is 1. The highest BCUT2D eigenvalue weighted by atomic mass is 16.3. The van der Waals surface area contributed by atoms with Gasteiger partial charge in [0.25, 0.3) is 0 Å². The van der Waals surface area contributed by atoms with Crippen molar-refractivity contribution in [3.05, 3.63) is 0 Å². The van der Waals surface area contributed by atoms with E-state index in [-0.39, 0.29) is 18.4 Å². The van der Waals surface area contributed by atoms with Crippen LogP contribution in [0.5, 0.6) is 0 Å². The second-order valence-electron chi connectivity index (χ2n) is 4.64. The zero-order valence-corrected chi connectivity index (χ0v) is 9.74. The molecule has 3 N–H and O–H groups in total. The van der Waals surface area contributed by atoms with Crippen molar-refractivity contribution in [2.45, 2.75) is 39.3 Å². The molecule has 4 nitrogen and oxygen atoms in total. The van der Waals surface area contributed by atoms with E-state index in [0.717, 1.165) is 0 Å². The Balaban J connectivity index is 4.55. The van der Waals surface area contributed by atoms with Gasteiger partial charge in [0, 0.05) is 7.05 Å². The first kappa shape index (κ1) is 13.4. The third-order valence-electron chi connectivity index (χ3n) is 2.63. The van der Waals surface area contributed by atoms with E-state index in [9.17, 15) is 4.79 Å². The summed E-state index contributed by atoms with van der Waals surface area (Å²) in [7, 11) is 1.67. The molecule has 0 aromatic heterocycles. The Hall–Kier alpha value is -0.610. The monoisotopic (exact) mass is 202 g/mol. The normalized spacial score (nSPS) is 14.3. The van der Waals surface area contributed by atoms with Gasteiger partial charge in [-0.3, -0.25) is 4.79 Å². The number of hydrogen-bond donors (Lipinski definition) is 2. The number of likely N-dealkylation sites (N-methyl/N-ethyl adjacent to an activating group) is 1. The van der Waals surface area contributed by atoms with Gasteiger partial charge in [-0.05, 0) is 19.8 Å². The first-order valence-corrected chi connectivity index (χ1v) is 4.88. The molecule has 0 bridgehead atoms. The smallest absolute Gasteiger partial charge is 0.240 e. The molecule has 84 valence electrons. The largest absolute Gasteiger partial charge is 0.394 e. The number of aliphatic hydroxyl groups excluding tert-OH is 1. The fourth-order valence-corrected chi connectivity index (χ4v) is 0.913. The molecule has 0 aliphatic carbocycles. The molecule has 1 amide bonds. The number of rotatable bonds is 4. The van der Waals surface area contributed by atoms with Crippen molar-refractivity contribution in [1.82, 2.24) is 4.90 Å². The highest BCUT2D eigenvalue weighted by Crippen LogP contribution is 2.14. The Bertz CT molecular complexity index is 202. The average molecular weight is 202 g/mol. The highest BCUT2D eigenvalue weighted by molar-refractivity contribution is 5.82. The number of aliphatic hydroxyl groups is 1. The first-order valence-electron chi connectivity index (χ1n) is 4.88. The van der Waals surface area contributed by atoms with Crippen LogP contribution in [0.15, 0.2) is 0 Å². The topological polar surface area (TPSA) is 66.6 Å². The molecule has 0 fully saturated rings. The average Bonchev–Trinajstić information content (AvgIpc) is 2.14. The standard InChI is InChI=1S/C10H22N2O2/c1-7(2)8(11)9(14)12(5)10(3,4)6-13/h7-8,13H,6,11H2,1-5H3/t8-/m1/s1. The summed E-state index contributed by atoms with van der Waals surface area (Å²) in [6.45, 7) is 7.35. The number of nitrogens with zero attached hydrogens (tertiary/aromatic N) is 1. The summed E-state index contributed by atoms with van der Waals surface area (Å²) in [5.41, 5.74) is 5.19. The summed E-state index contributed by atoms with van der Waals surface area (Å²) in [4.78, 5) is 13.3. The third kappa shape index (κ3) is 2.96. The van der Waals surface area contributed by atoms with Gasteiger partial charge in [-0.25, -0.2) is 0 Å². The van der Waals surface area contributed by atoms with E-state index in [2.05, 4.69) is 0 Å². The van der Waals surface area contributed by atoms with E-state index in [1.54, 1.807) is 20.9 Å². The van der Waals surface area contributed by atoms with Crippen molar-refractivity contribution in [2.75, 3.05) is 13.7 Å². The van der Waals surface area contributed by atoms with Gasteiger partial charge in [-0.1, -0.05) is 13.8 Å². The minimum Gasteiger partial charge on any atom is -0.394 e. The molecule has 0 aliphatic rings. The van der Waals surface area contributed by atoms with E-state index in [1.165, 1.54) is 4.90 Å². The molecule has 4 heteroatoms. The fourth-order valence-electron chi connectivity index (χ4n) is 0.913. The predicted octanol–water partition coefficient (Wildman–Crippen LogP) is 0.199. The van der Waals surface area contributed by atoms with Crippen molar-refractivity contribution in [1.29, 1.82) is 0 Å². The van der Waals surface area contributed by atoms with Crippen molar-refractivity contribution < 1.29 is 9.90 Å². The Kier molecular flexibility index (Phi) is 4.55. The zero-order chi connectivity index (χ0) is 11.5. The van der Waals surface area contributed by atoms with Crippen LogP contribution in [-0.2, 0) is 4.79 Å². The SMILES string of the molecule is CC(C)[C@@H](N)C(=O)N(C)C(C)(C)CO. The van der Waals surface area contributed by atoms with Crippen LogP contribution in [0.1, 0.15) is 27.7 Å². The summed E-state index contributed by atoms with van der Waals surface area (Å²) < 4.78 is 0. The van der Waals surface area contributed by atoms with E-state index in [1.807, 2.05) is 13.8 Å². The van der Waals surface area contributed by atoms with Crippen LogP contribution in [0, 0.1) is 5.92 Å². The molecule has 0 saturated carbocycles. The molecule has 0 saturated heterocycles. The second-order valence-corrected chi connectivity index (χ2v) is 4.64. The lowest BCUT2D eigenvalue weighted by Gasteiger charge is -2.36. The Morgan fingerprint density at radius 3 is 2.21 bits per heavy atom. The van der Waals surface area contributed by atoms with Crippen molar-refractivity contribution in [2.24, 2.45) is 11.7 Å². The summed E-state index contributed by atoms with van der Waals surface area (Å²) in [5.74, 6) is -0.0153. The van der Waals surface area contributed by atoms with E-state index in [0.29, 0.717) is 0 Å². The van der Waals surface area contributed by atoms with Crippen LogP contribution in [0.3, 0.4) is 0 Å². The molecule has 0 aromatic carbocycles. The maximum atomic E-state index is 11.8. The lowest BCUT2D eigenvalue weighted by atomic mass is 9.99. The minimum absolute atomic E-state index is 0.0694. The van der Waals surface area contributed by atoms with Gasteiger partial charge in [-0.2, -0.15) is 0 Å². The van der Waals surface area contributed by atoms with Gasteiger partial charge in [0.1, 0.15) is 0 Å². The maximum Gasteiger partial charge on any atom is 0.240 e. The lowest BCUT2D eigenvalue weighted by molar-refractivity contribution is -0.138. The molecule has 1 atom stereocenters. The summed E-state index contributed by atoms with van der Waals surface area (Å²) in [6.07, 6.45) is 0. The number of amides is 1. The number of hydrogen-bond acceptors (Lipinski definition) is 3. The van der Waals surface area contributed by atoms with Crippen molar-refractivity contribution >= 4 is 5.91 Å². The molecule has 0 spiro atoms. The molecule has 0 radical (unpaired) electrons. The fraction of sp³-hybridized carbons (Fsp3) is 0.900. The van der Waals surface area contributed by atoms with Gasteiger partial charge >= 0.3 is 0 Å². The molecule has 0 heterocycles. The predicted molar refractivity (Wildman–Crippen MR) is 56.7 cm³/mol. The molecule has 0 aromatic rings. The first-order chi connectivity index (χ1) is 6.24. The highest BCUT2D eigenvalue weighted by Gasteiger charge is 2.30. The summed E-state index contributed by atoms with van der Waals surface area (Å²) >= 11 is 0. The number of nitrogens with two attached hydrogens (primary N) is 1. The van der Waals surface area contributed by atoms with Gasteiger partial charge in [0.05, 0.1) is 18.2 Å². The Morgan fingerprint density at radius 2 is 1.93 bits per heavy atom. The van der Waals surface area contributed by atoms with Gasteiger partial charge < -0.3 is 15.7 Å².